The average Bonchev–Trinajstić information content (AvgIpc) is 2.50. The Morgan fingerprint density at radius 2 is 1.41 bits per heavy atom. The maximum absolute atomic E-state index is 12.4. The lowest BCUT2D eigenvalue weighted by Gasteiger charge is -2.32. The van der Waals surface area contributed by atoms with Gasteiger partial charge < -0.3 is 9.80 Å². The standard InChI is InChI=1S/C14H26N2O/c1-14(2)7-6-11-16(12-8-14)13(17)15-9-4-3-5-10-15/h3-12H2,1-2H3. The van der Waals surface area contributed by atoms with E-state index in [4.69, 9.17) is 0 Å². The van der Waals surface area contributed by atoms with Crippen LogP contribution in [0, 0.1) is 5.41 Å². The average molecular weight is 238 g/mol. The lowest BCUT2D eigenvalue weighted by Crippen LogP contribution is -2.45. The van der Waals surface area contributed by atoms with Crippen LogP contribution in [0.2, 0.25) is 0 Å². The van der Waals surface area contributed by atoms with Crippen LogP contribution in [0.15, 0.2) is 0 Å². The van der Waals surface area contributed by atoms with Gasteiger partial charge >= 0.3 is 6.03 Å². The van der Waals surface area contributed by atoms with Crippen molar-refractivity contribution in [2.45, 2.75) is 52.4 Å². The molecule has 2 amide bonds. The molecule has 0 bridgehead atoms. The van der Waals surface area contributed by atoms with Crippen molar-refractivity contribution in [1.29, 1.82) is 0 Å². The number of piperidine rings is 1. The van der Waals surface area contributed by atoms with E-state index >= 15 is 0 Å². The molecule has 2 fully saturated rings. The molecule has 0 aromatic carbocycles. The van der Waals surface area contributed by atoms with Crippen LogP contribution in [-0.4, -0.2) is 42.0 Å². The largest absolute Gasteiger partial charge is 0.325 e. The van der Waals surface area contributed by atoms with E-state index in [1.54, 1.807) is 0 Å². The Hall–Kier alpha value is -0.730. The van der Waals surface area contributed by atoms with E-state index in [-0.39, 0.29) is 0 Å². The van der Waals surface area contributed by atoms with Crippen molar-refractivity contribution in [2.24, 2.45) is 5.41 Å². The topological polar surface area (TPSA) is 23.6 Å². The molecule has 3 heteroatoms. The van der Waals surface area contributed by atoms with Crippen LogP contribution in [0.3, 0.4) is 0 Å². The van der Waals surface area contributed by atoms with Crippen LogP contribution >= 0.6 is 0 Å². The first kappa shape index (κ1) is 12.7. The predicted molar refractivity (Wildman–Crippen MR) is 70.0 cm³/mol. The van der Waals surface area contributed by atoms with Crippen molar-refractivity contribution < 1.29 is 4.79 Å². The highest BCUT2D eigenvalue weighted by molar-refractivity contribution is 5.74. The fourth-order valence-electron chi connectivity index (χ4n) is 2.90. The molecule has 0 atom stereocenters. The van der Waals surface area contributed by atoms with Gasteiger partial charge in [0.15, 0.2) is 0 Å². The Morgan fingerprint density at radius 1 is 0.824 bits per heavy atom. The summed E-state index contributed by atoms with van der Waals surface area (Å²) < 4.78 is 0. The normalized spacial score (nSPS) is 25.5. The molecule has 0 aromatic heterocycles. The van der Waals surface area contributed by atoms with Crippen LogP contribution in [0.1, 0.15) is 52.4 Å². The molecule has 0 N–H and O–H groups in total. The molecule has 0 aliphatic carbocycles. The molecular formula is C14H26N2O. The molecule has 0 unspecified atom stereocenters. The first-order valence-electron chi connectivity index (χ1n) is 7.12. The number of hydrogen-bond donors (Lipinski definition) is 0. The minimum atomic E-state index is 0.294. The van der Waals surface area contributed by atoms with E-state index in [1.807, 2.05) is 0 Å². The van der Waals surface area contributed by atoms with Crippen LogP contribution in [0.4, 0.5) is 4.79 Å². The summed E-state index contributed by atoms with van der Waals surface area (Å²) in [6.45, 7) is 8.49. The molecule has 2 aliphatic heterocycles. The van der Waals surface area contributed by atoms with Gasteiger partial charge in [0.1, 0.15) is 0 Å². The third-order valence-electron chi connectivity index (χ3n) is 4.24. The SMILES string of the molecule is CC1(C)CCCN(C(=O)N2CCCCC2)CC1. The van der Waals surface area contributed by atoms with Crippen molar-refractivity contribution in [2.75, 3.05) is 26.2 Å². The summed E-state index contributed by atoms with van der Waals surface area (Å²) in [5, 5.41) is 0. The number of nitrogens with zero attached hydrogens (tertiary/aromatic N) is 2. The summed E-state index contributed by atoms with van der Waals surface area (Å²) >= 11 is 0. The van der Waals surface area contributed by atoms with Gasteiger partial charge in [0.05, 0.1) is 0 Å². The fourth-order valence-corrected chi connectivity index (χ4v) is 2.90. The first-order valence-corrected chi connectivity index (χ1v) is 7.12. The number of hydrogen-bond acceptors (Lipinski definition) is 1. The van der Waals surface area contributed by atoms with E-state index < -0.39 is 0 Å². The van der Waals surface area contributed by atoms with Gasteiger partial charge in [-0.2, -0.15) is 0 Å². The highest BCUT2D eigenvalue weighted by Gasteiger charge is 2.28. The number of urea groups is 1. The van der Waals surface area contributed by atoms with Gasteiger partial charge in [-0.25, -0.2) is 4.79 Å². The summed E-state index contributed by atoms with van der Waals surface area (Å²) in [5.74, 6) is 0. The van der Waals surface area contributed by atoms with Crippen molar-refractivity contribution in [3.8, 4) is 0 Å². The Morgan fingerprint density at radius 3 is 2.12 bits per heavy atom. The third-order valence-corrected chi connectivity index (χ3v) is 4.24. The van der Waals surface area contributed by atoms with Gasteiger partial charge in [0, 0.05) is 26.2 Å². The Labute approximate surface area is 105 Å². The van der Waals surface area contributed by atoms with Crippen LogP contribution in [0.5, 0.6) is 0 Å². The Kier molecular flexibility index (Phi) is 3.95. The lowest BCUT2D eigenvalue weighted by molar-refractivity contribution is 0.143. The molecule has 0 spiro atoms. The van der Waals surface area contributed by atoms with Gasteiger partial charge in [-0.15, -0.1) is 0 Å². The smallest absolute Gasteiger partial charge is 0.319 e. The number of carbonyl (C=O) groups is 1. The Balaban J connectivity index is 1.90. The van der Waals surface area contributed by atoms with Crippen molar-refractivity contribution in [3.05, 3.63) is 0 Å². The van der Waals surface area contributed by atoms with Crippen LogP contribution in [-0.2, 0) is 0 Å². The molecule has 2 aliphatic rings. The fraction of sp³-hybridized carbons (Fsp3) is 0.929. The second kappa shape index (κ2) is 5.28. The maximum Gasteiger partial charge on any atom is 0.319 e. The molecule has 2 heterocycles. The van der Waals surface area contributed by atoms with Gasteiger partial charge in [0.2, 0.25) is 0 Å². The van der Waals surface area contributed by atoms with Gasteiger partial charge in [-0.3, -0.25) is 0 Å². The van der Waals surface area contributed by atoms with Crippen LogP contribution < -0.4 is 0 Å². The van der Waals surface area contributed by atoms with E-state index in [1.165, 1.54) is 25.7 Å². The summed E-state index contributed by atoms with van der Waals surface area (Å²) in [7, 11) is 0. The number of likely N-dealkylation sites (tertiary alicyclic amines) is 2. The molecule has 0 saturated carbocycles. The zero-order valence-electron chi connectivity index (χ0n) is 11.4. The van der Waals surface area contributed by atoms with Crippen molar-refractivity contribution in [1.82, 2.24) is 9.80 Å². The molecular weight excluding hydrogens is 212 g/mol. The lowest BCUT2D eigenvalue weighted by atomic mass is 9.85. The second-order valence-corrected chi connectivity index (χ2v) is 6.34. The first-order chi connectivity index (χ1) is 8.08. The number of rotatable bonds is 0. The van der Waals surface area contributed by atoms with Crippen molar-refractivity contribution >= 4 is 6.03 Å². The minimum absolute atomic E-state index is 0.294. The summed E-state index contributed by atoms with van der Waals surface area (Å²) in [4.78, 5) is 16.5. The Bertz CT molecular complexity index is 269. The quantitative estimate of drug-likeness (QED) is 0.636. The highest BCUT2D eigenvalue weighted by Crippen LogP contribution is 2.30. The monoisotopic (exact) mass is 238 g/mol. The third kappa shape index (κ3) is 3.36. The summed E-state index contributed by atoms with van der Waals surface area (Å²) in [6.07, 6.45) is 7.21. The molecule has 3 nitrogen and oxygen atoms in total. The predicted octanol–water partition coefficient (Wildman–Crippen LogP) is 3.10. The van der Waals surface area contributed by atoms with Crippen molar-refractivity contribution in [3.63, 3.8) is 0 Å². The van der Waals surface area contributed by atoms with Gasteiger partial charge in [-0.1, -0.05) is 13.8 Å². The van der Waals surface area contributed by atoms with E-state index in [0.717, 1.165) is 39.0 Å². The van der Waals surface area contributed by atoms with Gasteiger partial charge in [-0.05, 0) is 43.9 Å². The molecule has 17 heavy (non-hydrogen) atoms. The van der Waals surface area contributed by atoms with E-state index in [9.17, 15) is 4.79 Å². The second-order valence-electron chi connectivity index (χ2n) is 6.34. The summed E-state index contributed by atoms with van der Waals surface area (Å²) in [5.41, 5.74) is 0.414. The molecule has 0 radical (unpaired) electrons. The molecule has 2 saturated heterocycles. The van der Waals surface area contributed by atoms with Gasteiger partial charge in [0.25, 0.3) is 0 Å². The van der Waals surface area contributed by atoms with E-state index in [0.29, 0.717) is 11.4 Å². The van der Waals surface area contributed by atoms with E-state index in [2.05, 4.69) is 23.6 Å². The highest BCUT2D eigenvalue weighted by atomic mass is 16.2. The zero-order valence-corrected chi connectivity index (χ0v) is 11.4. The van der Waals surface area contributed by atoms with Crippen LogP contribution in [0.25, 0.3) is 0 Å². The maximum atomic E-state index is 12.4. The zero-order chi connectivity index (χ0) is 12.3. The molecule has 0 aromatic rings. The number of carbonyl (C=O) groups excluding carboxylic acids is 1. The number of amides is 2. The molecule has 98 valence electrons. The minimum Gasteiger partial charge on any atom is -0.325 e. The molecule has 2 rings (SSSR count). The summed E-state index contributed by atoms with van der Waals surface area (Å²) in [6, 6.07) is 0.294.